The first-order valence-corrected chi connectivity index (χ1v) is 2.87. The van der Waals surface area contributed by atoms with Gasteiger partial charge in [0.25, 0.3) is 0 Å². The summed E-state index contributed by atoms with van der Waals surface area (Å²) in [4.78, 5) is 3.82. The summed E-state index contributed by atoms with van der Waals surface area (Å²) in [6.45, 7) is 0. The molecule has 1 rings (SSSR count). The van der Waals surface area contributed by atoms with Gasteiger partial charge in [-0.2, -0.15) is 0 Å². The van der Waals surface area contributed by atoms with Crippen molar-refractivity contribution in [3.63, 3.8) is 0 Å². The number of rotatable bonds is 0. The third-order valence-electron chi connectivity index (χ3n) is 0.538. The Hall–Kier alpha value is 0.0400. The molecule has 1 aromatic rings. The Morgan fingerprint density at radius 2 is 2.57 bits per heavy atom. The van der Waals surface area contributed by atoms with Gasteiger partial charge < -0.3 is 0 Å². The van der Waals surface area contributed by atoms with Gasteiger partial charge >= 0.3 is 0 Å². The van der Waals surface area contributed by atoms with Crippen LogP contribution in [0.3, 0.4) is 0 Å². The lowest BCUT2D eigenvalue weighted by Crippen LogP contribution is -1.65. The zero-order valence-electron chi connectivity index (χ0n) is 3.37. The van der Waals surface area contributed by atoms with Crippen molar-refractivity contribution in [3.8, 4) is 0 Å². The van der Waals surface area contributed by atoms with Crippen molar-refractivity contribution < 1.29 is 0 Å². The second-order valence-electron chi connectivity index (χ2n) is 1.08. The molecule has 0 atom stereocenters. The van der Waals surface area contributed by atoms with Gasteiger partial charge in [-0.1, -0.05) is 12.8 Å². The van der Waals surface area contributed by atoms with E-state index in [2.05, 4.69) is 33.7 Å². The molecule has 0 radical (unpaired) electrons. The Bertz CT molecular complexity index is 145. The Kier molecular flexibility index (Phi) is 1.39. The summed E-state index contributed by atoms with van der Waals surface area (Å²) in [5.74, 6) is 0. The summed E-state index contributed by atoms with van der Waals surface area (Å²) in [6, 6.07) is 0. The van der Waals surface area contributed by atoms with E-state index in [0.717, 1.165) is 4.60 Å². The third kappa shape index (κ3) is 1.21. The molecule has 0 unspecified atom stereocenters. The number of aromatic nitrogens is 2. The summed E-state index contributed by atoms with van der Waals surface area (Å²) >= 11 is 7.08. The van der Waals surface area contributed by atoms with E-state index in [4.69, 9.17) is 0 Å². The number of thiol groups is 1. The minimum absolute atomic E-state index is 0.808. The lowest BCUT2D eigenvalue weighted by molar-refractivity contribution is 1.24. The van der Waals surface area contributed by atoms with Crippen LogP contribution in [0.25, 0.3) is 0 Å². The maximum Gasteiger partial charge on any atom is 0.125 e. The predicted octanol–water partition coefficient (Wildman–Crippen LogP) is 1.34. The number of halogens is 1. The summed E-state index contributed by atoms with van der Waals surface area (Å²) in [5.41, 5.74) is 0. The molecule has 0 N–H and O–H groups in total. The predicted molar refractivity (Wildman–Crippen MR) is 34.3 cm³/mol. The van der Waals surface area contributed by atoms with Crippen LogP contribution in [0.5, 0.6) is 0 Å². The zero-order chi connectivity index (χ0) is 5.28. The third-order valence-corrected chi connectivity index (χ3v) is 1.17. The van der Waals surface area contributed by atoms with E-state index in [1.807, 2.05) is 0 Å². The van der Waals surface area contributed by atoms with Crippen molar-refractivity contribution in [1.29, 1.82) is 0 Å². The van der Waals surface area contributed by atoms with Crippen molar-refractivity contribution in [3.05, 3.63) is 17.1 Å². The fourth-order valence-electron chi connectivity index (χ4n) is 0.290. The highest BCUT2D eigenvalue weighted by molar-refractivity contribution is 9.10. The Balaban J connectivity index is 3.04. The van der Waals surface area contributed by atoms with Crippen molar-refractivity contribution >= 4 is 28.7 Å². The first-order valence-electron chi connectivity index (χ1n) is 1.68. The van der Waals surface area contributed by atoms with Crippen LogP contribution < -0.4 is 0 Å². The molecule has 0 aliphatic carbocycles. The molecular weight excluding hydrogens is 176 g/mol. The number of hydrogen-bond acceptors (Lipinski definition) is 2. The Labute approximate surface area is 55.2 Å². The van der Waals surface area contributed by atoms with Crippen molar-refractivity contribution in [2.24, 2.45) is 0 Å². The standard InChI is InChI=1S/C3H3BrN2S/c4-3-1-6(7)2-5-3/h1-2,7H. The highest BCUT2D eigenvalue weighted by Crippen LogP contribution is 2.03. The second kappa shape index (κ2) is 1.88. The van der Waals surface area contributed by atoms with Gasteiger partial charge in [-0.3, -0.25) is 3.97 Å². The molecule has 0 aliphatic heterocycles. The van der Waals surface area contributed by atoms with Gasteiger partial charge in [0, 0.05) is 6.20 Å². The number of imidazole rings is 1. The highest BCUT2D eigenvalue weighted by Gasteiger charge is 1.84. The molecule has 4 heteroatoms. The topological polar surface area (TPSA) is 17.8 Å². The van der Waals surface area contributed by atoms with E-state index in [1.165, 1.54) is 0 Å². The van der Waals surface area contributed by atoms with E-state index in [0.29, 0.717) is 0 Å². The van der Waals surface area contributed by atoms with E-state index in [1.54, 1.807) is 16.5 Å². The fourth-order valence-corrected chi connectivity index (χ4v) is 0.922. The van der Waals surface area contributed by atoms with Gasteiger partial charge in [-0.15, -0.1) is 0 Å². The molecule has 0 aliphatic rings. The van der Waals surface area contributed by atoms with Crippen LogP contribution in [0.4, 0.5) is 0 Å². The summed E-state index contributed by atoms with van der Waals surface area (Å²) < 4.78 is 2.38. The van der Waals surface area contributed by atoms with Crippen molar-refractivity contribution in [1.82, 2.24) is 8.96 Å². The average Bonchev–Trinajstić information content (AvgIpc) is 1.87. The van der Waals surface area contributed by atoms with Crippen LogP contribution in [0.15, 0.2) is 17.1 Å². The Morgan fingerprint density at radius 3 is 2.71 bits per heavy atom. The minimum atomic E-state index is 0.808. The lowest BCUT2D eigenvalue weighted by Gasteiger charge is -1.75. The van der Waals surface area contributed by atoms with Gasteiger partial charge in [-0.05, 0) is 15.9 Å². The van der Waals surface area contributed by atoms with E-state index in [-0.39, 0.29) is 0 Å². The van der Waals surface area contributed by atoms with E-state index >= 15 is 0 Å². The molecule has 0 saturated carbocycles. The van der Waals surface area contributed by atoms with Gasteiger partial charge in [0.05, 0.1) is 0 Å². The maximum atomic E-state index is 3.93. The first-order chi connectivity index (χ1) is 3.29. The van der Waals surface area contributed by atoms with Gasteiger partial charge in [0.1, 0.15) is 10.9 Å². The molecule has 0 amide bonds. The molecule has 0 bridgehead atoms. The average molecular weight is 179 g/mol. The molecule has 2 nitrogen and oxygen atoms in total. The monoisotopic (exact) mass is 178 g/mol. The molecule has 0 saturated heterocycles. The van der Waals surface area contributed by atoms with Gasteiger partial charge in [0.2, 0.25) is 0 Å². The van der Waals surface area contributed by atoms with Crippen LogP contribution in [0, 0.1) is 0 Å². The molecule has 7 heavy (non-hydrogen) atoms. The summed E-state index contributed by atoms with van der Waals surface area (Å²) in [5, 5.41) is 0. The molecule has 38 valence electrons. The van der Waals surface area contributed by atoms with Crippen molar-refractivity contribution in [2.75, 3.05) is 0 Å². The minimum Gasteiger partial charge on any atom is -0.282 e. The Morgan fingerprint density at radius 1 is 1.86 bits per heavy atom. The van der Waals surface area contributed by atoms with Crippen LogP contribution in [0.1, 0.15) is 0 Å². The summed E-state index contributed by atoms with van der Waals surface area (Å²) in [7, 11) is 0. The summed E-state index contributed by atoms with van der Waals surface area (Å²) in [6.07, 6.45) is 3.36. The molecule has 0 spiro atoms. The van der Waals surface area contributed by atoms with E-state index < -0.39 is 0 Å². The van der Waals surface area contributed by atoms with Crippen LogP contribution >= 0.6 is 28.7 Å². The van der Waals surface area contributed by atoms with E-state index in [9.17, 15) is 0 Å². The first kappa shape index (κ1) is 5.18. The SMILES string of the molecule is Sn1cnc(Br)c1. The number of nitrogens with zero attached hydrogens (tertiary/aromatic N) is 2. The smallest absolute Gasteiger partial charge is 0.125 e. The fraction of sp³-hybridized carbons (Fsp3) is 0. The normalized spacial score (nSPS) is 9.43. The zero-order valence-corrected chi connectivity index (χ0v) is 5.85. The number of hydrogen-bond donors (Lipinski definition) is 1. The molecule has 1 heterocycles. The molecule has 0 aromatic carbocycles. The molecule has 0 fully saturated rings. The van der Waals surface area contributed by atoms with Crippen LogP contribution in [-0.4, -0.2) is 8.96 Å². The van der Waals surface area contributed by atoms with Gasteiger partial charge in [0.15, 0.2) is 0 Å². The quantitative estimate of drug-likeness (QED) is 0.595. The molecule has 1 aromatic heterocycles. The molecular formula is C3H3BrN2S. The highest BCUT2D eigenvalue weighted by atomic mass is 79.9. The maximum absolute atomic E-state index is 3.93. The van der Waals surface area contributed by atoms with Crippen LogP contribution in [-0.2, 0) is 0 Å². The lowest BCUT2D eigenvalue weighted by atomic mass is 11.0. The van der Waals surface area contributed by atoms with Gasteiger partial charge in [-0.25, -0.2) is 4.98 Å². The van der Waals surface area contributed by atoms with Crippen molar-refractivity contribution in [2.45, 2.75) is 0 Å². The van der Waals surface area contributed by atoms with Crippen LogP contribution in [0.2, 0.25) is 0 Å². The largest absolute Gasteiger partial charge is 0.282 e. The second-order valence-corrected chi connectivity index (χ2v) is 2.35.